The number of rotatable bonds is 4. The second kappa shape index (κ2) is 8.58. The Kier molecular flexibility index (Phi) is 5.71. The number of anilines is 2. The van der Waals surface area contributed by atoms with Crippen molar-refractivity contribution in [3.63, 3.8) is 0 Å². The van der Waals surface area contributed by atoms with E-state index in [1.807, 2.05) is 31.2 Å². The summed E-state index contributed by atoms with van der Waals surface area (Å²) in [5, 5.41) is 14.4. The lowest BCUT2D eigenvalue weighted by Crippen LogP contribution is -2.34. The lowest BCUT2D eigenvalue weighted by Gasteiger charge is -2.23. The number of halogens is 1. The van der Waals surface area contributed by atoms with E-state index in [0.29, 0.717) is 17.2 Å². The number of nitrogens with zero attached hydrogens (tertiary/aromatic N) is 3. The molecule has 0 aliphatic carbocycles. The van der Waals surface area contributed by atoms with Crippen LogP contribution in [0.3, 0.4) is 0 Å². The molecule has 2 aromatic carbocycles. The predicted octanol–water partition coefficient (Wildman–Crippen LogP) is 4.61. The van der Waals surface area contributed by atoms with Crippen LogP contribution in [0.4, 0.5) is 20.6 Å². The van der Waals surface area contributed by atoms with Gasteiger partial charge in [-0.1, -0.05) is 35.1 Å². The number of aromatic nitrogens is 2. The maximum Gasteiger partial charge on any atom is 0.322 e. The minimum atomic E-state index is -0.460. The Morgan fingerprint density at radius 3 is 2.67 bits per heavy atom. The molecule has 4 rings (SSSR count). The minimum Gasteiger partial charge on any atom is -0.320 e. The normalized spacial score (nSPS) is 15.8. The number of hydrogen-bond donors (Lipinski definition) is 2. The highest BCUT2D eigenvalue weighted by Gasteiger charge is 2.33. The molecule has 1 aliphatic heterocycles. The van der Waals surface area contributed by atoms with Crippen molar-refractivity contribution in [3.8, 4) is 0 Å². The molecule has 2 N–H and O–H groups in total. The fraction of sp³-hybridized carbons (Fsp3) is 0.238. The van der Waals surface area contributed by atoms with Crippen LogP contribution in [-0.4, -0.2) is 33.6 Å². The summed E-state index contributed by atoms with van der Waals surface area (Å²) in [6.45, 7) is 2.59. The Hall–Kier alpha value is -3.33. The van der Waals surface area contributed by atoms with Gasteiger partial charge in [-0.2, -0.15) is 0 Å². The predicted molar refractivity (Wildman–Crippen MR) is 113 cm³/mol. The van der Waals surface area contributed by atoms with Crippen LogP contribution in [0.25, 0.3) is 0 Å². The summed E-state index contributed by atoms with van der Waals surface area (Å²) >= 11 is 1.14. The Morgan fingerprint density at radius 2 is 1.90 bits per heavy atom. The quantitative estimate of drug-likeness (QED) is 0.639. The van der Waals surface area contributed by atoms with Crippen LogP contribution < -0.4 is 10.6 Å². The lowest BCUT2D eigenvalue weighted by molar-refractivity contribution is 0.102. The van der Waals surface area contributed by atoms with Gasteiger partial charge >= 0.3 is 6.03 Å². The molecule has 1 atom stereocenters. The number of benzene rings is 2. The van der Waals surface area contributed by atoms with Gasteiger partial charge in [0.2, 0.25) is 5.01 Å². The van der Waals surface area contributed by atoms with E-state index in [9.17, 15) is 14.0 Å². The zero-order valence-electron chi connectivity index (χ0n) is 16.3. The van der Waals surface area contributed by atoms with Crippen LogP contribution in [-0.2, 0) is 0 Å². The number of carbonyl (C=O) groups is 2. The van der Waals surface area contributed by atoms with Gasteiger partial charge in [0.1, 0.15) is 10.8 Å². The lowest BCUT2D eigenvalue weighted by atomic mass is 10.2. The number of urea groups is 1. The first-order valence-electron chi connectivity index (χ1n) is 9.54. The molecule has 2 heterocycles. The molecule has 1 saturated heterocycles. The van der Waals surface area contributed by atoms with Crippen LogP contribution in [0.2, 0.25) is 0 Å². The van der Waals surface area contributed by atoms with E-state index < -0.39 is 11.7 Å². The van der Waals surface area contributed by atoms with Crippen LogP contribution in [0.5, 0.6) is 0 Å². The highest BCUT2D eigenvalue weighted by Crippen LogP contribution is 2.34. The Bertz CT molecular complexity index is 1070. The fourth-order valence-electron chi connectivity index (χ4n) is 3.31. The molecule has 0 unspecified atom stereocenters. The molecule has 7 nitrogen and oxygen atoms in total. The van der Waals surface area contributed by atoms with Crippen molar-refractivity contribution in [2.75, 3.05) is 17.2 Å². The van der Waals surface area contributed by atoms with Gasteiger partial charge < -0.3 is 15.5 Å². The average molecular weight is 425 g/mol. The number of hydrogen-bond acceptors (Lipinski definition) is 5. The molecule has 154 valence electrons. The highest BCUT2D eigenvalue weighted by atomic mass is 32.1. The molecule has 9 heteroatoms. The van der Waals surface area contributed by atoms with Gasteiger partial charge in [-0.15, -0.1) is 10.2 Å². The standard InChI is InChI=1S/C21H20FN5O2S/c1-13-7-9-15(10-8-13)24-21(29)27-11-3-6-17(27)19-25-26-20(30-19)18(28)23-16-5-2-4-14(22)12-16/h2,4-5,7-10,12,17H,3,6,11H2,1H3,(H,23,28)(H,24,29)/t17-/m0/s1. The summed E-state index contributed by atoms with van der Waals surface area (Å²) in [6.07, 6.45) is 1.60. The number of aryl methyl sites for hydroxylation is 1. The van der Waals surface area contributed by atoms with E-state index in [1.54, 1.807) is 11.0 Å². The highest BCUT2D eigenvalue weighted by molar-refractivity contribution is 7.13. The van der Waals surface area contributed by atoms with E-state index in [1.165, 1.54) is 18.2 Å². The molecular weight excluding hydrogens is 405 g/mol. The monoisotopic (exact) mass is 425 g/mol. The second-order valence-electron chi connectivity index (χ2n) is 7.06. The Balaban J connectivity index is 1.44. The molecule has 1 fully saturated rings. The van der Waals surface area contributed by atoms with Crippen molar-refractivity contribution < 1.29 is 14.0 Å². The molecule has 0 saturated carbocycles. The first-order chi connectivity index (χ1) is 14.5. The van der Waals surface area contributed by atoms with Crippen molar-refractivity contribution >= 4 is 34.6 Å². The average Bonchev–Trinajstić information content (AvgIpc) is 3.39. The van der Waals surface area contributed by atoms with E-state index in [4.69, 9.17) is 0 Å². The van der Waals surface area contributed by atoms with Crippen molar-refractivity contribution in [3.05, 3.63) is 69.9 Å². The van der Waals surface area contributed by atoms with Gasteiger partial charge in [0.25, 0.3) is 5.91 Å². The first kappa shape index (κ1) is 20.0. The first-order valence-corrected chi connectivity index (χ1v) is 10.4. The number of likely N-dealkylation sites (tertiary alicyclic amines) is 1. The largest absolute Gasteiger partial charge is 0.322 e. The molecule has 30 heavy (non-hydrogen) atoms. The zero-order chi connectivity index (χ0) is 21.1. The Morgan fingerprint density at radius 1 is 1.10 bits per heavy atom. The molecule has 1 aliphatic rings. The maximum atomic E-state index is 13.3. The van der Waals surface area contributed by atoms with Gasteiger partial charge in [-0.25, -0.2) is 9.18 Å². The number of carbonyl (C=O) groups excluding carboxylic acids is 2. The third-order valence-electron chi connectivity index (χ3n) is 4.82. The minimum absolute atomic E-state index is 0.167. The van der Waals surface area contributed by atoms with Crippen LogP contribution in [0.1, 0.15) is 39.3 Å². The van der Waals surface area contributed by atoms with E-state index >= 15 is 0 Å². The van der Waals surface area contributed by atoms with E-state index in [-0.39, 0.29) is 17.1 Å². The van der Waals surface area contributed by atoms with Gasteiger partial charge in [-0.3, -0.25) is 4.79 Å². The van der Waals surface area contributed by atoms with Crippen LogP contribution >= 0.6 is 11.3 Å². The zero-order valence-corrected chi connectivity index (χ0v) is 17.1. The van der Waals surface area contributed by atoms with Gasteiger partial charge in [0.15, 0.2) is 0 Å². The third-order valence-corrected chi connectivity index (χ3v) is 5.84. The van der Waals surface area contributed by atoms with Crippen molar-refractivity contribution in [2.45, 2.75) is 25.8 Å². The molecule has 0 bridgehead atoms. The van der Waals surface area contributed by atoms with Gasteiger partial charge in [-0.05, 0) is 50.1 Å². The fourth-order valence-corrected chi connectivity index (χ4v) is 4.20. The second-order valence-corrected chi connectivity index (χ2v) is 8.07. The summed E-state index contributed by atoms with van der Waals surface area (Å²) in [6, 6.07) is 12.8. The summed E-state index contributed by atoms with van der Waals surface area (Å²) in [5.74, 6) is -0.898. The summed E-state index contributed by atoms with van der Waals surface area (Å²) in [4.78, 5) is 26.9. The molecule has 0 spiro atoms. The van der Waals surface area contributed by atoms with Gasteiger partial charge in [0, 0.05) is 17.9 Å². The molecule has 0 radical (unpaired) electrons. The van der Waals surface area contributed by atoms with Crippen molar-refractivity contribution in [1.29, 1.82) is 0 Å². The molecule has 1 aromatic heterocycles. The summed E-state index contributed by atoms with van der Waals surface area (Å²) < 4.78 is 13.3. The smallest absolute Gasteiger partial charge is 0.320 e. The molecule has 3 aromatic rings. The van der Waals surface area contributed by atoms with Crippen LogP contribution in [0.15, 0.2) is 48.5 Å². The third kappa shape index (κ3) is 4.46. The SMILES string of the molecule is Cc1ccc(NC(=O)N2CCC[C@H]2c2nnc(C(=O)Nc3cccc(F)c3)s2)cc1. The topological polar surface area (TPSA) is 87.2 Å². The summed E-state index contributed by atoms with van der Waals surface area (Å²) in [7, 11) is 0. The maximum absolute atomic E-state index is 13.3. The van der Waals surface area contributed by atoms with Crippen molar-refractivity contribution in [1.82, 2.24) is 15.1 Å². The summed E-state index contributed by atoms with van der Waals surface area (Å²) in [5.41, 5.74) is 2.19. The molecule has 3 amide bonds. The Labute approximate surface area is 176 Å². The van der Waals surface area contributed by atoms with Crippen LogP contribution in [0, 0.1) is 12.7 Å². The van der Waals surface area contributed by atoms with E-state index in [2.05, 4.69) is 20.8 Å². The number of amides is 3. The molecular formula is C21H20FN5O2S. The number of nitrogens with one attached hydrogen (secondary N) is 2. The van der Waals surface area contributed by atoms with Crippen molar-refractivity contribution in [2.24, 2.45) is 0 Å². The van der Waals surface area contributed by atoms with Gasteiger partial charge in [0.05, 0.1) is 6.04 Å². The van der Waals surface area contributed by atoms with E-state index in [0.717, 1.165) is 35.4 Å².